The Balaban J connectivity index is 0.000000199. The maximum atomic E-state index is 12.3. The lowest BCUT2D eigenvalue weighted by Gasteiger charge is -2.28. The normalized spacial score (nSPS) is 19.9. The molecule has 2 amide bonds. The molecule has 1 aromatic heterocycles. The van der Waals surface area contributed by atoms with Crippen LogP contribution < -0.4 is 16.0 Å². The molecule has 0 radical (unpaired) electrons. The zero-order valence-electron chi connectivity index (χ0n) is 21.4. The second-order valence-electron chi connectivity index (χ2n) is 9.99. The van der Waals surface area contributed by atoms with Crippen LogP contribution in [-0.4, -0.2) is 87.4 Å². The van der Waals surface area contributed by atoms with Crippen molar-refractivity contribution >= 4 is 18.0 Å². The summed E-state index contributed by atoms with van der Waals surface area (Å²) in [7, 11) is 0. The van der Waals surface area contributed by atoms with Gasteiger partial charge in [-0.1, -0.05) is 20.3 Å². The molecule has 0 unspecified atom stereocenters. The minimum absolute atomic E-state index is 0.103. The maximum absolute atomic E-state index is 12.3. The average molecular weight is 490 g/mol. The highest BCUT2D eigenvalue weighted by atomic mass is 16.5. The number of carbonyl (C=O) groups is 2. The molecule has 1 aliphatic carbocycles. The van der Waals surface area contributed by atoms with Crippen LogP contribution in [0.15, 0.2) is 12.3 Å². The van der Waals surface area contributed by atoms with E-state index in [1.807, 2.05) is 6.20 Å². The lowest BCUT2D eigenvalue weighted by Crippen LogP contribution is -2.41. The van der Waals surface area contributed by atoms with Crippen molar-refractivity contribution in [2.24, 2.45) is 5.92 Å². The van der Waals surface area contributed by atoms with E-state index < -0.39 is 0 Å². The molecular weight excluding hydrogens is 446 g/mol. The summed E-state index contributed by atoms with van der Waals surface area (Å²) < 4.78 is 10.2. The number of aromatic nitrogens is 1. The number of pyridine rings is 1. The standard InChI is InChI=1S/C16H23N3O2.C5H9NO2.C5H11N/c1-10(2)6-18-16(20)15-14(19-13-8-21-9-13)5-12(7-17-15)11-3-4-11;7-5-6-1-3-8-4-2-6;1-2-4-6-5-3-1/h5,7,10-11,13,19H,3-4,6,8-9H2,1-2H3,(H,18,20);5H,1-4H2;6H,1-5H2. The van der Waals surface area contributed by atoms with E-state index >= 15 is 0 Å². The van der Waals surface area contributed by atoms with E-state index in [0.717, 1.165) is 25.2 Å². The van der Waals surface area contributed by atoms with Crippen molar-refractivity contribution < 1.29 is 19.1 Å². The molecule has 9 nitrogen and oxygen atoms in total. The Morgan fingerprint density at radius 3 is 2.34 bits per heavy atom. The van der Waals surface area contributed by atoms with Crippen molar-refractivity contribution in [3.63, 3.8) is 0 Å². The Hall–Kier alpha value is -2.23. The molecule has 0 atom stereocenters. The van der Waals surface area contributed by atoms with E-state index in [4.69, 9.17) is 9.47 Å². The minimum atomic E-state index is -0.103. The first-order valence-corrected chi connectivity index (χ1v) is 13.2. The topological polar surface area (TPSA) is 105 Å². The number of morpholine rings is 1. The van der Waals surface area contributed by atoms with Crippen LogP contribution in [0.2, 0.25) is 0 Å². The number of nitrogens with zero attached hydrogens (tertiary/aromatic N) is 2. The molecule has 5 rings (SSSR count). The summed E-state index contributed by atoms with van der Waals surface area (Å²) in [5, 5.41) is 9.61. The number of amides is 2. The lowest BCUT2D eigenvalue weighted by atomic mass is 10.1. The van der Waals surface area contributed by atoms with Crippen LogP contribution in [0.1, 0.15) is 67.9 Å². The van der Waals surface area contributed by atoms with Crippen LogP contribution in [0, 0.1) is 5.92 Å². The molecule has 0 bridgehead atoms. The molecule has 9 heteroatoms. The Morgan fingerprint density at radius 2 is 1.89 bits per heavy atom. The molecule has 3 aliphatic heterocycles. The Labute approximate surface area is 209 Å². The van der Waals surface area contributed by atoms with Gasteiger partial charge in [-0.15, -0.1) is 0 Å². The number of ether oxygens (including phenoxy) is 2. The molecule has 0 spiro atoms. The van der Waals surface area contributed by atoms with E-state index in [2.05, 4.69) is 40.8 Å². The minimum Gasteiger partial charge on any atom is -0.378 e. The Kier molecular flexibility index (Phi) is 11.7. The van der Waals surface area contributed by atoms with Crippen LogP contribution in [0.4, 0.5) is 5.69 Å². The van der Waals surface area contributed by atoms with Gasteiger partial charge in [-0.3, -0.25) is 9.59 Å². The predicted molar refractivity (Wildman–Crippen MR) is 137 cm³/mol. The highest BCUT2D eigenvalue weighted by molar-refractivity contribution is 5.97. The van der Waals surface area contributed by atoms with Gasteiger partial charge in [-0.2, -0.15) is 0 Å². The van der Waals surface area contributed by atoms with Gasteiger partial charge in [0, 0.05) is 25.8 Å². The first kappa shape index (κ1) is 27.4. The number of carbonyl (C=O) groups excluding carboxylic acids is 2. The van der Waals surface area contributed by atoms with Gasteiger partial charge in [0.25, 0.3) is 5.91 Å². The van der Waals surface area contributed by atoms with Gasteiger partial charge >= 0.3 is 0 Å². The molecule has 196 valence electrons. The molecule has 1 aromatic rings. The van der Waals surface area contributed by atoms with E-state index in [1.165, 1.54) is 50.8 Å². The molecule has 3 N–H and O–H groups in total. The average Bonchev–Trinajstić information content (AvgIpc) is 3.73. The van der Waals surface area contributed by atoms with Gasteiger partial charge < -0.3 is 30.3 Å². The SMILES string of the molecule is C1CCNCC1.CC(C)CNC(=O)c1ncc(C2CC2)cc1NC1COC1.O=CN1CCOCC1. The number of hydrogen-bond donors (Lipinski definition) is 3. The van der Waals surface area contributed by atoms with Crippen molar-refractivity contribution in [2.75, 3.05) is 64.5 Å². The van der Waals surface area contributed by atoms with Crippen LogP contribution >= 0.6 is 0 Å². The number of nitrogens with one attached hydrogen (secondary N) is 3. The first-order chi connectivity index (χ1) is 17.1. The van der Waals surface area contributed by atoms with Gasteiger partial charge in [0.1, 0.15) is 0 Å². The predicted octanol–water partition coefficient (Wildman–Crippen LogP) is 2.39. The Morgan fingerprint density at radius 1 is 1.17 bits per heavy atom. The maximum Gasteiger partial charge on any atom is 0.272 e. The van der Waals surface area contributed by atoms with Crippen molar-refractivity contribution in [3.8, 4) is 0 Å². The molecular formula is C26H43N5O4. The summed E-state index contributed by atoms with van der Waals surface area (Å²) in [6, 6.07) is 2.38. The molecule has 0 aromatic carbocycles. The highest BCUT2D eigenvalue weighted by Gasteiger charge is 2.27. The van der Waals surface area contributed by atoms with E-state index in [0.29, 0.717) is 50.5 Å². The van der Waals surface area contributed by atoms with Gasteiger partial charge in [-0.25, -0.2) is 4.98 Å². The van der Waals surface area contributed by atoms with Gasteiger partial charge in [0.2, 0.25) is 6.41 Å². The second-order valence-corrected chi connectivity index (χ2v) is 9.99. The highest BCUT2D eigenvalue weighted by Crippen LogP contribution is 2.40. The van der Waals surface area contributed by atoms with Gasteiger partial charge in [0.05, 0.1) is 38.2 Å². The Bertz CT molecular complexity index is 761. The zero-order valence-corrected chi connectivity index (χ0v) is 21.4. The molecule has 3 saturated heterocycles. The zero-order chi connectivity index (χ0) is 24.9. The molecule has 1 saturated carbocycles. The number of rotatable bonds is 7. The molecule has 4 heterocycles. The number of piperidine rings is 1. The molecule has 4 fully saturated rings. The number of anilines is 1. The van der Waals surface area contributed by atoms with Crippen LogP contribution in [-0.2, 0) is 14.3 Å². The number of hydrogen-bond acceptors (Lipinski definition) is 7. The van der Waals surface area contributed by atoms with Crippen molar-refractivity contribution in [1.82, 2.24) is 20.5 Å². The summed E-state index contributed by atoms with van der Waals surface area (Å²) in [6.07, 6.45) is 9.39. The summed E-state index contributed by atoms with van der Waals surface area (Å²) in [6.45, 7) is 11.6. The van der Waals surface area contributed by atoms with E-state index in [1.54, 1.807) is 4.90 Å². The fourth-order valence-electron chi connectivity index (χ4n) is 3.82. The van der Waals surface area contributed by atoms with Crippen LogP contribution in [0.25, 0.3) is 0 Å². The monoisotopic (exact) mass is 489 g/mol. The van der Waals surface area contributed by atoms with E-state index in [-0.39, 0.29) is 11.9 Å². The summed E-state index contributed by atoms with van der Waals surface area (Å²) >= 11 is 0. The van der Waals surface area contributed by atoms with Crippen LogP contribution in [0.5, 0.6) is 0 Å². The quantitative estimate of drug-likeness (QED) is 0.505. The fraction of sp³-hybridized carbons (Fsp3) is 0.731. The lowest BCUT2D eigenvalue weighted by molar-refractivity contribution is -0.121. The van der Waals surface area contributed by atoms with Gasteiger partial charge in [-0.05, 0) is 62.2 Å². The van der Waals surface area contributed by atoms with Crippen molar-refractivity contribution in [1.29, 1.82) is 0 Å². The summed E-state index contributed by atoms with van der Waals surface area (Å²) in [5.74, 6) is 0.952. The molecule has 35 heavy (non-hydrogen) atoms. The van der Waals surface area contributed by atoms with Crippen LogP contribution in [0.3, 0.4) is 0 Å². The summed E-state index contributed by atoms with van der Waals surface area (Å²) in [5.41, 5.74) is 2.57. The fourth-order valence-corrected chi connectivity index (χ4v) is 3.82. The summed E-state index contributed by atoms with van der Waals surface area (Å²) in [4.78, 5) is 28.5. The first-order valence-electron chi connectivity index (χ1n) is 13.2. The second kappa shape index (κ2) is 15.0. The third-order valence-corrected chi connectivity index (χ3v) is 6.24. The van der Waals surface area contributed by atoms with E-state index in [9.17, 15) is 9.59 Å². The third-order valence-electron chi connectivity index (χ3n) is 6.24. The van der Waals surface area contributed by atoms with Gasteiger partial charge in [0.15, 0.2) is 5.69 Å². The molecule has 4 aliphatic rings. The van der Waals surface area contributed by atoms with Crippen molar-refractivity contribution in [3.05, 3.63) is 23.5 Å². The smallest absolute Gasteiger partial charge is 0.272 e. The van der Waals surface area contributed by atoms with Crippen molar-refractivity contribution in [2.45, 2.75) is 57.9 Å². The third kappa shape index (κ3) is 10.1. The largest absolute Gasteiger partial charge is 0.378 e.